The van der Waals surface area contributed by atoms with Crippen molar-refractivity contribution in [3.8, 4) is 0 Å². The fraction of sp³-hybridized carbons (Fsp3) is 0.438. The molecule has 0 fully saturated rings. The number of primary amides is 1. The maximum atomic E-state index is 13.3. The Hall–Kier alpha value is -2.44. The molecule has 0 aromatic heterocycles. The predicted molar refractivity (Wildman–Crippen MR) is 83.7 cm³/mol. The Morgan fingerprint density at radius 3 is 2.35 bits per heavy atom. The third-order valence-corrected chi connectivity index (χ3v) is 3.29. The van der Waals surface area contributed by atoms with Gasteiger partial charge < -0.3 is 16.4 Å². The first-order valence-electron chi connectivity index (χ1n) is 7.32. The molecule has 0 spiro atoms. The molecule has 6 nitrogen and oxygen atoms in total. The quantitative estimate of drug-likeness (QED) is 0.681. The molecule has 0 aliphatic carbocycles. The SMILES string of the molecule is CC(=O)N[C@H](Cc1cccc(F)c1)C(=O)N[C@H](C(N)=O)C(C)C. The van der Waals surface area contributed by atoms with Gasteiger partial charge in [-0.15, -0.1) is 0 Å². The highest BCUT2D eigenvalue weighted by atomic mass is 19.1. The number of benzene rings is 1. The summed E-state index contributed by atoms with van der Waals surface area (Å²) in [6, 6.07) is 3.99. The highest BCUT2D eigenvalue weighted by Crippen LogP contribution is 2.08. The number of nitrogens with one attached hydrogen (secondary N) is 2. The molecule has 3 amide bonds. The van der Waals surface area contributed by atoms with Gasteiger partial charge in [0, 0.05) is 13.3 Å². The van der Waals surface area contributed by atoms with Gasteiger partial charge in [0.05, 0.1) is 0 Å². The summed E-state index contributed by atoms with van der Waals surface area (Å²) in [6.45, 7) is 4.77. The summed E-state index contributed by atoms with van der Waals surface area (Å²) in [7, 11) is 0. The van der Waals surface area contributed by atoms with Gasteiger partial charge in [0.1, 0.15) is 17.9 Å². The monoisotopic (exact) mass is 323 g/mol. The van der Waals surface area contributed by atoms with Crippen molar-refractivity contribution in [2.75, 3.05) is 0 Å². The predicted octanol–water partition coefficient (Wildman–Crippen LogP) is 0.499. The van der Waals surface area contributed by atoms with E-state index in [-0.39, 0.29) is 12.3 Å². The van der Waals surface area contributed by atoms with Crippen LogP contribution >= 0.6 is 0 Å². The van der Waals surface area contributed by atoms with Crippen LogP contribution < -0.4 is 16.4 Å². The lowest BCUT2D eigenvalue weighted by atomic mass is 10.0. The van der Waals surface area contributed by atoms with Crippen molar-refractivity contribution in [1.29, 1.82) is 0 Å². The minimum atomic E-state index is -0.921. The molecular weight excluding hydrogens is 301 g/mol. The van der Waals surface area contributed by atoms with E-state index >= 15 is 0 Å². The first-order chi connectivity index (χ1) is 10.7. The van der Waals surface area contributed by atoms with Crippen LogP contribution in [0.1, 0.15) is 26.3 Å². The highest BCUT2D eigenvalue weighted by Gasteiger charge is 2.27. The fourth-order valence-electron chi connectivity index (χ4n) is 2.17. The molecule has 0 unspecified atom stereocenters. The van der Waals surface area contributed by atoms with Gasteiger partial charge in [0.25, 0.3) is 0 Å². The van der Waals surface area contributed by atoms with E-state index in [1.54, 1.807) is 19.9 Å². The maximum Gasteiger partial charge on any atom is 0.243 e. The highest BCUT2D eigenvalue weighted by molar-refractivity contribution is 5.91. The minimum absolute atomic E-state index is 0.104. The average molecular weight is 323 g/mol. The Bertz CT molecular complexity index is 590. The normalized spacial score (nSPS) is 13.3. The zero-order chi connectivity index (χ0) is 17.6. The van der Waals surface area contributed by atoms with Gasteiger partial charge in [-0.3, -0.25) is 14.4 Å². The molecule has 0 saturated heterocycles. The van der Waals surface area contributed by atoms with E-state index in [2.05, 4.69) is 10.6 Å². The molecule has 0 radical (unpaired) electrons. The maximum absolute atomic E-state index is 13.3. The van der Waals surface area contributed by atoms with Crippen molar-refractivity contribution >= 4 is 17.7 Å². The smallest absolute Gasteiger partial charge is 0.243 e. The van der Waals surface area contributed by atoms with Crippen LogP contribution in [0.25, 0.3) is 0 Å². The van der Waals surface area contributed by atoms with Gasteiger partial charge in [-0.1, -0.05) is 26.0 Å². The summed E-state index contributed by atoms with van der Waals surface area (Å²) >= 11 is 0. The molecule has 7 heteroatoms. The summed E-state index contributed by atoms with van der Waals surface area (Å²) in [6.07, 6.45) is 0.104. The zero-order valence-corrected chi connectivity index (χ0v) is 13.4. The first-order valence-corrected chi connectivity index (χ1v) is 7.32. The molecule has 1 aromatic rings. The number of hydrogen-bond acceptors (Lipinski definition) is 3. The number of carbonyl (C=O) groups is 3. The molecular formula is C16H22FN3O3. The molecule has 1 rings (SSSR count). The van der Waals surface area contributed by atoms with Crippen molar-refractivity contribution < 1.29 is 18.8 Å². The van der Waals surface area contributed by atoms with E-state index in [1.165, 1.54) is 25.1 Å². The van der Waals surface area contributed by atoms with E-state index < -0.39 is 35.6 Å². The molecule has 126 valence electrons. The Labute approximate surface area is 134 Å². The van der Waals surface area contributed by atoms with Crippen LogP contribution in [0.2, 0.25) is 0 Å². The Morgan fingerprint density at radius 1 is 1.22 bits per heavy atom. The number of hydrogen-bond donors (Lipinski definition) is 3. The number of halogens is 1. The summed E-state index contributed by atoms with van der Waals surface area (Å²) in [5.41, 5.74) is 5.82. The summed E-state index contributed by atoms with van der Waals surface area (Å²) in [4.78, 5) is 35.1. The van der Waals surface area contributed by atoms with E-state index in [1.807, 2.05) is 0 Å². The average Bonchev–Trinajstić information content (AvgIpc) is 2.42. The van der Waals surface area contributed by atoms with Crippen LogP contribution in [0, 0.1) is 11.7 Å². The third-order valence-electron chi connectivity index (χ3n) is 3.29. The Balaban J connectivity index is 2.90. The summed E-state index contributed by atoms with van der Waals surface area (Å²) in [5, 5.41) is 5.04. The second-order valence-electron chi connectivity index (χ2n) is 5.72. The molecule has 4 N–H and O–H groups in total. The standard InChI is InChI=1S/C16H22FN3O3/c1-9(2)14(15(18)22)20-16(23)13(19-10(3)21)8-11-5-4-6-12(17)7-11/h4-7,9,13-14H,8H2,1-3H3,(H2,18,22)(H,19,21)(H,20,23)/t13-,14+/m1/s1. The molecule has 23 heavy (non-hydrogen) atoms. The largest absolute Gasteiger partial charge is 0.368 e. The molecule has 0 aliphatic heterocycles. The summed E-state index contributed by atoms with van der Waals surface area (Å²) < 4.78 is 13.3. The Kier molecular flexibility index (Phi) is 6.68. The van der Waals surface area contributed by atoms with E-state index in [0.29, 0.717) is 5.56 Å². The molecule has 1 aromatic carbocycles. The van der Waals surface area contributed by atoms with Gasteiger partial charge in [0.2, 0.25) is 17.7 Å². The molecule has 0 bridgehead atoms. The topological polar surface area (TPSA) is 101 Å². The second kappa shape index (κ2) is 8.26. The van der Waals surface area contributed by atoms with E-state index in [4.69, 9.17) is 5.73 Å². The van der Waals surface area contributed by atoms with Crippen LogP contribution in [-0.2, 0) is 20.8 Å². The lowest BCUT2D eigenvalue weighted by molar-refractivity contribution is -0.131. The molecule has 2 atom stereocenters. The van der Waals surface area contributed by atoms with Gasteiger partial charge in [-0.05, 0) is 23.6 Å². The number of nitrogens with two attached hydrogens (primary N) is 1. The van der Waals surface area contributed by atoms with E-state index in [9.17, 15) is 18.8 Å². The van der Waals surface area contributed by atoms with E-state index in [0.717, 1.165) is 0 Å². The summed E-state index contributed by atoms with van der Waals surface area (Å²) in [5.74, 6) is -2.21. The van der Waals surface area contributed by atoms with Crippen molar-refractivity contribution in [2.24, 2.45) is 11.7 Å². The molecule has 0 saturated carbocycles. The molecule has 0 heterocycles. The van der Waals surface area contributed by atoms with Crippen LogP contribution in [-0.4, -0.2) is 29.8 Å². The number of rotatable bonds is 7. The second-order valence-corrected chi connectivity index (χ2v) is 5.72. The van der Waals surface area contributed by atoms with Crippen molar-refractivity contribution in [3.05, 3.63) is 35.6 Å². The zero-order valence-electron chi connectivity index (χ0n) is 13.4. The van der Waals surface area contributed by atoms with Gasteiger partial charge in [-0.2, -0.15) is 0 Å². The van der Waals surface area contributed by atoms with Gasteiger partial charge in [-0.25, -0.2) is 4.39 Å². The van der Waals surface area contributed by atoms with Crippen LogP contribution in [0.4, 0.5) is 4.39 Å². The number of amides is 3. The van der Waals surface area contributed by atoms with Crippen LogP contribution in [0.5, 0.6) is 0 Å². The third kappa shape index (κ3) is 6.06. The lowest BCUT2D eigenvalue weighted by Crippen LogP contribution is -2.55. The van der Waals surface area contributed by atoms with Crippen molar-refractivity contribution in [2.45, 2.75) is 39.3 Å². The first kappa shape index (κ1) is 18.6. The lowest BCUT2D eigenvalue weighted by Gasteiger charge is -2.23. The Morgan fingerprint density at radius 2 is 1.87 bits per heavy atom. The van der Waals surface area contributed by atoms with Gasteiger partial charge >= 0.3 is 0 Å². The minimum Gasteiger partial charge on any atom is -0.368 e. The molecule has 0 aliphatic rings. The van der Waals surface area contributed by atoms with Crippen molar-refractivity contribution in [1.82, 2.24) is 10.6 Å². The van der Waals surface area contributed by atoms with Gasteiger partial charge in [0.15, 0.2) is 0 Å². The van der Waals surface area contributed by atoms with Crippen molar-refractivity contribution in [3.63, 3.8) is 0 Å². The van der Waals surface area contributed by atoms with Crippen LogP contribution in [0.3, 0.4) is 0 Å². The van der Waals surface area contributed by atoms with Crippen LogP contribution in [0.15, 0.2) is 24.3 Å². The fourth-order valence-corrected chi connectivity index (χ4v) is 2.17. The number of carbonyl (C=O) groups excluding carboxylic acids is 3.